The molecule has 1 fully saturated rings. The van der Waals surface area contributed by atoms with Crippen molar-refractivity contribution in [1.29, 1.82) is 0 Å². The van der Waals surface area contributed by atoms with Crippen molar-refractivity contribution < 1.29 is 4.74 Å². The predicted molar refractivity (Wildman–Crippen MR) is 87.8 cm³/mol. The van der Waals surface area contributed by atoms with E-state index in [1.807, 2.05) is 6.07 Å². The van der Waals surface area contributed by atoms with Crippen molar-refractivity contribution in [3.8, 4) is 5.75 Å². The summed E-state index contributed by atoms with van der Waals surface area (Å²) in [6.07, 6.45) is 1.19. The first-order chi connectivity index (χ1) is 10.0. The Morgan fingerprint density at radius 1 is 1.38 bits per heavy atom. The number of likely N-dealkylation sites (N-methyl/N-ethyl adjacent to an activating group) is 1. The molecule has 2 N–H and O–H groups in total. The van der Waals surface area contributed by atoms with Crippen LogP contribution in [0.15, 0.2) is 18.2 Å². The summed E-state index contributed by atoms with van der Waals surface area (Å²) in [4.78, 5) is 4.94. The Balaban J connectivity index is 2.04. The Morgan fingerprint density at radius 2 is 2.14 bits per heavy atom. The molecule has 1 aromatic carbocycles. The number of rotatable bonds is 5. The predicted octanol–water partition coefficient (Wildman–Crippen LogP) is 2.03. The number of hydrogen-bond acceptors (Lipinski definition) is 4. The van der Waals surface area contributed by atoms with Gasteiger partial charge in [0.1, 0.15) is 5.75 Å². The van der Waals surface area contributed by atoms with Gasteiger partial charge in [0.2, 0.25) is 0 Å². The number of piperazine rings is 1. The molecule has 0 aromatic heterocycles. The molecule has 0 bridgehead atoms. The molecular weight excluding hydrogens is 262 g/mol. The highest BCUT2D eigenvalue weighted by Crippen LogP contribution is 2.26. The van der Waals surface area contributed by atoms with E-state index in [1.165, 1.54) is 12.0 Å². The van der Waals surface area contributed by atoms with Crippen molar-refractivity contribution >= 4 is 0 Å². The summed E-state index contributed by atoms with van der Waals surface area (Å²) in [5, 5.41) is 0. The van der Waals surface area contributed by atoms with Crippen LogP contribution in [0.5, 0.6) is 5.75 Å². The molecule has 1 saturated heterocycles. The monoisotopic (exact) mass is 291 g/mol. The molecule has 4 heteroatoms. The maximum absolute atomic E-state index is 6.46. The molecule has 1 aliphatic rings. The van der Waals surface area contributed by atoms with Crippen LogP contribution in [-0.2, 0) is 0 Å². The lowest BCUT2D eigenvalue weighted by atomic mass is 10.0. The van der Waals surface area contributed by atoms with Crippen LogP contribution in [0.1, 0.15) is 30.5 Å². The summed E-state index contributed by atoms with van der Waals surface area (Å²) < 4.78 is 5.46. The van der Waals surface area contributed by atoms with Gasteiger partial charge in [0.15, 0.2) is 0 Å². The van der Waals surface area contributed by atoms with E-state index in [9.17, 15) is 0 Å². The second kappa shape index (κ2) is 7.25. The summed E-state index contributed by atoms with van der Waals surface area (Å²) in [6.45, 7) is 8.57. The lowest BCUT2D eigenvalue weighted by Gasteiger charge is -2.40. The number of benzene rings is 1. The van der Waals surface area contributed by atoms with Crippen LogP contribution in [-0.4, -0.2) is 56.2 Å². The maximum Gasteiger partial charge on any atom is 0.123 e. The fourth-order valence-electron chi connectivity index (χ4n) is 3.14. The molecule has 21 heavy (non-hydrogen) atoms. The molecule has 4 nitrogen and oxygen atoms in total. The first kappa shape index (κ1) is 16.3. The molecular formula is C17H29N3O. The Bertz CT molecular complexity index is 463. The Labute approximate surface area is 128 Å². The third-order valence-corrected chi connectivity index (χ3v) is 4.57. The minimum absolute atomic E-state index is 0.000706. The first-order valence-electron chi connectivity index (χ1n) is 7.87. The van der Waals surface area contributed by atoms with Crippen molar-refractivity contribution in [3.63, 3.8) is 0 Å². The highest BCUT2D eigenvalue weighted by atomic mass is 16.5. The molecule has 0 amide bonds. The van der Waals surface area contributed by atoms with Crippen LogP contribution in [0.25, 0.3) is 0 Å². The first-order valence-corrected chi connectivity index (χ1v) is 7.87. The number of methoxy groups -OCH3 is 1. The summed E-state index contributed by atoms with van der Waals surface area (Å²) >= 11 is 0. The van der Waals surface area contributed by atoms with E-state index in [0.717, 1.165) is 37.5 Å². The van der Waals surface area contributed by atoms with Crippen molar-refractivity contribution in [2.45, 2.75) is 32.4 Å². The molecule has 2 unspecified atom stereocenters. The van der Waals surface area contributed by atoms with Gasteiger partial charge in [-0.2, -0.15) is 0 Å². The molecule has 1 heterocycles. The number of ether oxygens (including phenoxy) is 1. The highest BCUT2D eigenvalue weighted by molar-refractivity contribution is 5.39. The second-order valence-corrected chi connectivity index (χ2v) is 6.15. The fraction of sp³-hybridized carbons (Fsp3) is 0.647. The van der Waals surface area contributed by atoms with Gasteiger partial charge in [-0.05, 0) is 26.5 Å². The van der Waals surface area contributed by atoms with Gasteiger partial charge in [-0.15, -0.1) is 0 Å². The Morgan fingerprint density at radius 3 is 2.81 bits per heavy atom. The van der Waals surface area contributed by atoms with Gasteiger partial charge in [-0.1, -0.05) is 24.6 Å². The van der Waals surface area contributed by atoms with E-state index >= 15 is 0 Å². The largest absolute Gasteiger partial charge is 0.496 e. The molecule has 0 aliphatic carbocycles. The SMILES string of the molecule is CCC1CN(CC(N)c2cc(C)ccc2OC)CCN1C. The van der Waals surface area contributed by atoms with Crippen LogP contribution in [0.2, 0.25) is 0 Å². The highest BCUT2D eigenvalue weighted by Gasteiger charge is 2.25. The number of hydrogen-bond donors (Lipinski definition) is 1. The number of aryl methyl sites for hydroxylation is 1. The maximum atomic E-state index is 6.46. The average molecular weight is 291 g/mol. The standard InChI is InChI=1S/C17H29N3O/c1-5-14-11-20(9-8-19(14)3)12-16(18)15-10-13(2)6-7-17(15)21-4/h6-7,10,14,16H,5,8-9,11-12,18H2,1-4H3. The van der Waals surface area contributed by atoms with Crippen LogP contribution in [0.4, 0.5) is 0 Å². The fourth-order valence-corrected chi connectivity index (χ4v) is 3.14. The van der Waals surface area contributed by atoms with Crippen LogP contribution < -0.4 is 10.5 Å². The quantitative estimate of drug-likeness (QED) is 0.901. The van der Waals surface area contributed by atoms with E-state index in [2.05, 4.69) is 42.8 Å². The molecule has 0 spiro atoms. The van der Waals surface area contributed by atoms with E-state index in [-0.39, 0.29) is 6.04 Å². The molecule has 1 aromatic rings. The molecule has 2 rings (SSSR count). The number of nitrogens with zero attached hydrogens (tertiary/aromatic N) is 2. The van der Waals surface area contributed by atoms with Crippen molar-refractivity contribution in [2.24, 2.45) is 5.73 Å². The van der Waals surface area contributed by atoms with Crippen molar-refractivity contribution in [2.75, 3.05) is 40.3 Å². The van der Waals surface area contributed by atoms with Gasteiger partial charge < -0.3 is 15.4 Å². The zero-order valence-electron chi connectivity index (χ0n) is 13.8. The summed E-state index contributed by atoms with van der Waals surface area (Å²) in [5.74, 6) is 0.897. The third-order valence-electron chi connectivity index (χ3n) is 4.57. The zero-order valence-corrected chi connectivity index (χ0v) is 13.8. The van der Waals surface area contributed by atoms with E-state index in [0.29, 0.717) is 6.04 Å². The molecule has 0 radical (unpaired) electrons. The van der Waals surface area contributed by atoms with Gasteiger partial charge in [0.05, 0.1) is 7.11 Å². The third kappa shape index (κ3) is 3.96. The molecule has 2 atom stereocenters. The molecule has 0 saturated carbocycles. The van der Waals surface area contributed by atoms with Crippen LogP contribution in [0.3, 0.4) is 0 Å². The summed E-state index contributed by atoms with van der Waals surface area (Å²) in [6, 6.07) is 6.88. The van der Waals surface area contributed by atoms with Crippen molar-refractivity contribution in [1.82, 2.24) is 9.80 Å². The van der Waals surface area contributed by atoms with Crippen molar-refractivity contribution in [3.05, 3.63) is 29.3 Å². The lowest BCUT2D eigenvalue weighted by molar-refractivity contribution is 0.0888. The van der Waals surface area contributed by atoms with Gasteiger partial charge in [-0.25, -0.2) is 0 Å². The van der Waals surface area contributed by atoms with Gasteiger partial charge in [0, 0.05) is 43.8 Å². The zero-order chi connectivity index (χ0) is 15.4. The second-order valence-electron chi connectivity index (χ2n) is 6.15. The van der Waals surface area contributed by atoms with Gasteiger partial charge in [0.25, 0.3) is 0 Å². The summed E-state index contributed by atoms with van der Waals surface area (Å²) in [7, 11) is 3.93. The van der Waals surface area contributed by atoms with Gasteiger partial charge >= 0.3 is 0 Å². The minimum atomic E-state index is 0.000706. The minimum Gasteiger partial charge on any atom is -0.496 e. The van der Waals surface area contributed by atoms with E-state index in [4.69, 9.17) is 10.5 Å². The number of nitrogens with two attached hydrogens (primary N) is 1. The average Bonchev–Trinajstić information content (AvgIpc) is 2.49. The smallest absolute Gasteiger partial charge is 0.123 e. The van der Waals surface area contributed by atoms with E-state index in [1.54, 1.807) is 7.11 Å². The van der Waals surface area contributed by atoms with Crippen LogP contribution >= 0.6 is 0 Å². The molecule has 1 aliphatic heterocycles. The van der Waals surface area contributed by atoms with Gasteiger partial charge in [-0.3, -0.25) is 4.90 Å². The topological polar surface area (TPSA) is 41.7 Å². The molecule has 118 valence electrons. The Kier molecular flexibility index (Phi) is 5.62. The lowest BCUT2D eigenvalue weighted by Crippen LogP contribution is -2.52. The van der Waals surface area contributed by atoms with E-state index < -0.39 is 0 Å². The van der Waals surface area contributed by atoms with Crippen LogP contribution in [0, 0.1) is 6.92 Å². The Hall–Kier alpha value is -1.10. The summed E-state index contributed by atoms with van der Waals surface area (Å²) in [5.41, 5.74) is 8.80. The normalized spacial score (nSPS) is 22.2.